The van der Waals surface area contributed by atoms with Crippen molar-refractivity contribution in [1.82, 2.24) is 19.7 Å². The summed E-state index contributed by atoms with van der Waals surface area (Å²) in [6, 6.07) is 6.32. The maximum Gasteiger partial charge on any atom is 0.125 e. The Kier molecular flexibility index (Phi) is 3.06. The Morgan fingerprint density at radius 2 is 1.90 bits per heavy atom. The maximum absolute atomic E-state index is 4.54. The van der Waals surface area contributed by atoms with E-state index in [1.807, 2.05) is 37.0 Å². The fourth-order valence-electron chi connectivity index (χ4n) is 2.32. The van der Waals surface area contributed by atoms with Crippen molar-refractivity contribution in [2.75, 3.05) is 0 Å². The molecule has 0 spiro atoms. The monoisotopic (exact) mass is 264 g/mol. The summed E-state index contributed by atoms with van der Waals surface area (Å²) in [5.41, 5.74) is 4.28. The second kappa shape index (κ2) is 4.89. The van der Waals surface area contributed by atoms with Crippen LogP contribution < -0.4 is 0 Å². The van der Waals surface area contributed by atoms with Crippen LogP contribution in [0.4, 0.5) is 0 Å². The van der Waals surface area contributed by atoms with Crippen LogP contribution in [-0.4, -0.2) is 19.7 Å². The molecule has 20 heavy (non-hydrogen) atoms. The van der Waals surface area contributed by atoms with Crippen LogP contribution in [0.2, 0.25) is 0 Å². The molecule has 0 atom stereocenters. The first kappa shape index (κ1) is 12.5. The number of benzene rings is 1. The van der Waals surface area contributed by atoms with E-state index in [1.54, 1.807) is 0 Å². The van der Waals surface area contributed by atoms with E-state index in [9.17, 15) is 0 Å². The van der Waals surface area contributed by atoms with Crippen LogP contribution >= 0.6 is 0 Å². The molecule has 0 aliphatic carbocycles. The zero-order chi connectivity index (χ0) is 14.1. The Balaban J connectivity index is 2.13. The average Bonchev–Trinajstić information content (AvgIpc) is 2.76. The summed E-state index contributed by atoms with van der Waals surface area (Å²) in [5, 5.41) is 5.70. The quantitative estimate of drug-likeness (QED) is 0.682. The van der Waals surface area contributed by atoms with E-state index >= 15 is 0 Å². The lowest BCUT2D eigenvalue weighted by molar-refractivity contribution is 0.719. The standard InChI is InChI=1S/C16H16N4/c1-4-7-20-16-6-5-13(8-15(16)11(2)19-20)14-9-17-12(3)18-10-14/h4-6,8-10H,1,7H2,2-3H3. The minimum Gasteiger partial charge on any atom is -0.261 e. The van der Waals surface area contributed by atoms with Crippen molar-refractivity contribution < 1.29 is 0 Å². The Morgan fingerprint density at radius 3 is 2.60 bits per heavy atom. The van der Waals surface area contributed by atoms with Crippen molar-refractivity contribution in [3.05, 3.63) is 54.8 Å². The molecule has 0 N–H and O–H groups in total. The topological polar surface area (TPSA) is 43.6 Å². The summed E-state index contributed by atoms with van der Waals surface area (Å²) in [4.78, 5) is 8.49. The minimum atomic E-state index is 0.720. The number of fused-ring (bicyclic) bond motifs is 1. The summed E-state index contributed by atoms with van der Waals surface area (Å²) in [6.45, 7) is 8.40. The highest BCUT2D eigenvalue weighted by atomic mass is 15.3. The molecule has 4 nitrogen and oxygen atoms in total. The molecule has 3 aromatic rings. The van der Waals surface area contributed by atoms with Crippen molar-refractivity contribution >= 4 is 10.9 Å². The predicted octanol–water partition coefficient (Wildman–Crippen LogP) is 3.30. The molecule has 3 rings (SSSR count). The van der Waals surface area contributed by atoms with E-state index in [1.165, 1.54) is 0 Å². The van der Waals surface area contributed by atoms with Crippen molar-refractivity contribution in [1.29, 1.82) is 0 Å². The molecule has 0 saturated heterocycles. The Morgan fingerprint density at radius 1 is 1.15 bits per heavy atom. The maximum atomic E-state index is 4.54. The number of hydrogen-bond donors (Lipinski definition) is 0. The third kappa shape index (κ3) is 2.09. The lowest BCUT2D eigenvalue weighted by Gasteiger charge is -2.03. The van der Waals surface area contributed by atoms with E-state index in [-0.39, 0.29) is 0 Å². The molecule has 0 saturated carbocycles. The molecule has 2 aromatic heterocycles. The van der Waals surface area contributed by atoms with Gasteiger partial charge in [0.15, 0.2) is 0 Å². The van der Waals surface area contributed by atoms with Gasteiger partial charge < -0.3 is 0 Å². The molecule has 4 heteroatoms. The summed E-state index contributed by atoms with van der Waals surface area (Å²) in [7, 11) is 0. The van der Waals surface area contributed by atoms with Gasteiger partial charge in [-0.25, -0.2) is 9.97 Å². The average molecular weight is 264 g/mol. The molecule has 0 bridgehead atoms. The molecule has 0 radical (unpaired) electrons. The first-order chi connectivity index (χ1) is 9.69. The lowest BCUT2D eigenvalue weighted by atomic mass is 10.1. The van der Waals surface area contributed by atoms with Gasteiger partial charge in [0.25, 0.3) is 0 Å². The Bertz CT molecular complexity index is 769. The number of aryl methyl sites for hydroxylation is 2. The van der Waals surface area contributed by atoms with Gasteiger partial charge in [0.1, 0.15) is 5.82 Å². The van der Waals surface area contributed by atoms with Crippen LogP contribution in [0.1, 0.15) is 11.5 Å². The van der Waals surface area contributed by atoms with Crippen molar-refractivity contribution in [2.45, 2.75) is 20.4 Å². The van der Waals surface area contributed by atoms with Crippen LogP contribution in [0, 0.1) is 13.8 Å². The number of rotatable bonds is 3. The number of hydrogen-bond acceptors (Lipinski definition) is 3. The number of aromatic nitrogens is 4. The van der Waals surface area contributed by atoms with Crippen LogP contribution in [0.25, 0.3) is 22.0 Å². The molecule has 0 fully saturated rings. The van der Waals surface area contributed by atoms with Gasteiger partial charge in [-0.3, -0.25) is 4.68 Å². The lowest BCUT2D eigenvalue weighted by Crippen LogP contribution is -1.96. The Hall–Kier alpha value is -2.49. The molecule has 100 valence electrons. The van der Waals surface area contributed by atoms with Gasteiger partial charge in [-0.05, 0) is 31.5 Å². The zero-order valence-electron chi connectivity index (χ0n) is 11.7. The molecule has 0 amide bonds. The van der Waals surface area contributed by atoms with Gasteiger partial charge >= 0.3 is 0 Å². The molecule has 0 aliphatic rings. The summed E-state index contributed by atoms with van der Waals surface area (Å²) in [6.07, 6.45) is 5.56. The van der Waals surface area contributed by atoms with Crippen LogP contribution in [-0.2, 0) is 6.54 Å². The van der Waals surface area contributed by atoms with E-state index in [4.69, 9.17) is 0 Å². The van der Waals surface area contributed by atoms with Gasteiger partial charge in [0.05, 0.1) is 17.8 Å². The Labute approximate surface area is 117 Å². The number of nitrogens with zero attached hydrogens (tertiary/aromatic N) is 4. The highest BCUT2D eigenvalue weighted by Crippen LogP contribution is 2.25. The van der Waals surface area contributed by atoms with E-state index in [0.29, 0.717) is 0 Å². The van der Waals surface area contributed by atoms with Crippen LogP contribution in [0.5, 0.6) is 0 Å². The van der Waals surface area contributed by atoms with Crippen molar-refractivity contribution in [3.63, 3.8) is 0 Å². The van der Waals surface area contributed by atoms with E-state index in [2.05, 4.69) is 39.8 Å². The van der Waals surface area contributed by atoms with Crippen LogP contribution in [0.15, 0.2) is 43.2 Å². The SMILES string of the molecule is C=CCn1nc(C)c2cc(-c3cnc(C)nc3)ccc21. The van der Waals surface area contributed by atoms with E-state index in [0.717, 1.165) is 40.1 Å². The summed E-state index contributed by atoms with van der Waals surface area (Å²) < 4.78 is 1.97. The predicted molar refractivity (Wildman–Crippen MR) is 80.4 cm³/mol. The largest absolute Gasteiger partial charge is 0.261 e. The van der Waals surface area contributed by atoms with Gasteiger partial charge in [0.2, 0.25) is 0 Å². The first-order valence-electron chi connectivity index (χ1n) is 6.56. The van der Waals surface area contributed by atoms with Gasteiger partial charge in [-0.15, -0.1) is 6.58 Å². The fraction of sp³-hybridized carbons (Fsp3) is 0.188. The van der Waals surface area contributed by atoms with Gasteiger partial charge in [0, 0.05) is 23.3 Å². The van der Waals surface area contributed by atoms with Gasteiger partial charge in [-0.2, -0.15) is 5.10 Å². The highest BCUT2D eigenvalue weighted by Gasteiger charge is 2.08. The second-order valence-corrected chi connectivity index (χ2v) is 4.81. The molecule has 2 heterocycles. The fourth-order valence-corrected chi connectivity index (χ4v) is 2.32. The summed E-state index contributed by atoms with van der Waals surface area (Å²) >= 11 is 0. The minimum absolute atomic E-state index is 0.720. The molecule has 0 unspecified atom stereocenters. The van der Waals surface area contributed by atoms with Crippen molar-refractivity contribution in [2.24, 2.45) is 0 Å². The second-order valence-electron chi connectivity index (χ2n) is 4.81. The smallest absolute Gasteiger partial charge is 0.125 e. The molecule has 0 aliphatic heterocycles. The normalized spacial score (nSPS) is 10.9. The van der Waals surface area contributed by atoms with Crippen molar-refractivity contribution in [3.8, 4) is 11.1 Å². The highest BCUT2D eigenvalue weighted by molar-refractivity contribution is 5.86. The molecular weight excluding hydrogens is 248 g/mol. The van der Waals surface area contributed by atoms with E-state index < -0.39 is 0 Å². The third-order valence-corrected chi connectivity index (χ3v) is 3.35. The third-order valence-electron chi connectivity index (χ3n) is 3.35. The molecule has 1 aromatic carbocycles. The number of allylic oxidation sites excluding steroid dienone is 1. The zero-order valence-corrected chi connectivity index (χ0v) is 11.7. The summed E-state index contributed by atoms with van der Waals surface area (Å²) in [5.74, 6) is 0.782. The van der Waals surface area contributed by atoms with Crippen LogP contribution in [0.3, 0.4) is 0 Å². The first-order valence-corrected chi connectivity index (χ1v) is 6.56. The van der Waals surface area contributed by atoms with Gasteiger partial charge in [-0.1, -0.05) is 12.1 Å². The molecular formula is C16H16N4.